The number of aromatic nitrogens is 1. The molecule has 0 unspecified atom stereocenters. The third-order valence-corrected chi connectivity index (χ3v) is 3.91. The minimum Gasteiger partial charge on any atom is -0.268 e. The van der Waals surface area contributed by atoms with Gasteiger partial charge < -0.3 is 0 Å². The van der Waals surface area contributed by atoms with E-state index in [1.54, 1.807) is 0 Å². The molecule has 0 aliphatic rings. The first-order valence-corrected chi connectivity index (χ1v) is 9.10. The molecule has 3 nitrogen and oxygen atoms in total. The number of hydrazone groups is 1. The molecule has 2 aromatic carbocycles. The van der Waals surface area contributed by atoms with Crippen LogP contribution < -0.4 is 9.58 Å². The van der Waals surface area contributed by atoms with Gasteiger partial charge in [0.05, 0.1) is 17.0 Å². The molecule has 0 saturated heterocycles. The number of benzene rings is 2. The lowest BCUT2D eigenvalue weighted by Crippen LogP contribution is -2.34. The van der Waals surface area contributed by atoms with Crippen LogP contribution >= 0.6 is 0 Å². The van der Waals surface area contributed by atoms with Crippen LogP contribution in [0.15, 0.2) is 90.3 Å². The maximum atomic E-state index is 4.70. The maximum Gasteiger partial charge on any atom is 0.178 e. The highest BCUT2D eigenvalue weighted by Gasteiger charge is 2.07. The fraction of sp³-hybridized carbons (Fsp3) is 0.217. The molecule has 0 aliphatic heterocycles. The Balaban J connectivity index is 0.00000117. The van der Waals surface area contributed by atoms with Gasteiger partial charge in [-0.05, 0) is 25.1 Å². The highest BCUT2D eigenvalue weighted by molar-refractivity contribution is 5.98. The van der Waals surface area contributed by atoms with Crippen LogP contribution in [0, 0.1) is 0 Å². The van der Waals surface area contributed by atoms with Crippen LogP contribution in [0.2, 0.25) is 0 Å². The van der Waals surface area contributed by atoms with E-state index in [1.807, 2.05) is 57.1 Å². The molecule has 0 radical (unpaired) electrons. The zero-order valence-electron chi connectivity index (χ0n) is 16.1. The average Bonchev–Trinajstić information content (AvgIpc) is 2.71. The molecule has 1 heterocycles. The van der Waals surface area contributed by atoms with E-state index in [2.05, 4.69) is 65.5 Å². The van der Waals surface area contributed by atoms with Crippen molar-refractivity contribution in [3.8, 4) is 0 Å². The van der Waals surface area contributed by atoms with Gasteiger partial charge in [-0.25, -0.2) is 4.57 Å². The molecule has 3 aromatic rings. The van der Waals surface area contributed by atoms with Crippen molar-refractivity contribution in [2.45, 2.75) is 27.3 Å². The van der Waals surface area contributed by atoms with Crippen LogP contribution in [0.1, 0.15) is 31.9 Å². The third kappa shape index (κ3) is 5.55. The zero-order valence-corrected chi connectivity index (χ0v) is 16.1. The fourth-order valence-electron chi connectivity index (χ4n) is 2.61. The third-order valence-electron chi connectivity index (χ3n) is 3.91. The first kappa shape index (κ1) is 19.4. The number of pyridine rings is 1. The molecule has 0 amide bonds. The summed E-state index contributed by atoms with van der Waals surface area (Å²) in [5, 5.41) is 6.61. The van der Waals surface area contributed by atoms with E-state index in [9.17, 15) is 0 Å². The standard InChI is InChI=1S/C21H22N3.C2H6/c1-18(22-23(2)21-13-7-4-8-14-21)20-12-9-15-24(17-20)16-19-10-5-3-6-11-19;1-2/h3-15,17H,16H2,1-2H3;1-2H3/q+1;/b22-18+;. The molecule has 3 heteroatoms. The summed E-state index contributed by atoms with van der Waals surface area (Å²) in [6, 6.07) is 24.8. The van der Waals surface area contributed by atoms with Gasteiger partial charge in [0.15, 0.2) is 18.9 Å². The lowest BCUT2D eigenvalue weighted by molar-refractivity contribution is -0.688. The van der Waals surface area contributed by atoms with Gasteiger partial charge in [-0.2, -0.15) is 5.10 Å². The maximum absolute atomic E-state index is 4.70. The van der Waals surface area contributed by atoms with Gasteiger partial charge in [-0.3, -0.25) is 5.01 Å². The normalized spacial score (nSPS) is 10.7. The summed E-state index contributed by atoms with van der Waals surface area (Å²) in [5.41, 5.74) is 4.47. The molecular formula is C23H28N3+. The quantitative estimate of drug-likeness (QED) is 0.365. The SMILES string of the molecule is C/C(=N\N(C)c1ccccc1)c1ccc[n+](Cc2ccccc2)c1.CC. The van der Waals surface area contributed by atoms with Crippen molar-refractivity contribution in [1.29, 1.82) is 0 Å². The Kier molecular flexibility index (Phi) is 7.56. The van der Waals surface area contributed by atoms with Crippen LogP contribution in [-0.4, -0.2) is 12.8 Å². The topological polar surface area (TPSA) is 19.5 Å². The van der Waals surface area contributed by atoms with E-state index < -0.39 is 0 Å². The second-order valence-corrected chi connectivity index (χ2v) is 5.80. The predicted molar refractivity (Wildman–Crippen MR) is 111 cm³/mol. The largest absolute Gasteiger partial charge is 0.268 e. The highest BCUT2D eigenvalue weighted by Crippen LogP contribution is 2.12. The second-order valence-electron chi connectivity index (χ2n) is 5.80. The van der Waals surface area contributed by atoms with Gasteiger partial charge in [-0.1, -0.05) is 62.4 Å². The summed E-state index contributed by atoms with van der Waals surface area (Å²) < 4.78 is 2.19. The fourth-order valence-corrected chi connectivity index (χ4v) is 2.61. The molecule has 0 aliphatic carbocycles. The van der Waals surface area contributed by atoms with E-state index >= 15 is 0 Å². The molecule has 0 spiro atoms. The Morgan fingerprint density at radius 3 is 2.15 bits per heavy atom. The molecule has 26 heavy (non-hydrogen) atoms. The van der Waals surface area contributed by atoms with Crippen LogP contribution in [0.5, 0.6) is 0 Å². The number of anilines is 1. The molecule has 3 rings (SSSR count). The lowest BCUT2D eigenvalue weighted by atomic mass is 10.2. The Morgan fingerprint density at radius 1 is 0.885 bits per heavy atom. The Morgan fingerprint density at radius 2 is 1.50 bits per heavy atom. The smallest absolute Gasteiger partial charge is 0.178 e. The minimum atomic E-state index is 0.858. The molecule has 0 bridgehead atoms. The van der Waals surface area contributed by atoms with E-state index in [4.69, 9.17) is 5.10 Å². The zero-order chi connectivity index (χ0) is 18.8. The van der Waals surface area contributed by atoms with Crippen molar-refractivity contribution >= 4 is 11.4 Å². The number of rotatable bonds is 5. The Hall–Kier alpha value is -2.94. The summed E-state index contributed by atoms with van der Waals surface area (Å²) >= 11 is 0. The minimum absolute atomic E-state index is 0.858. The van der Waals surface area contributed by atoms with Crippen molar-refractivity contribution in [2.75, 3.05) is 12.1 Å². The first-order valence-electron chi connectivity index (χ1n) is 9.10. The van der Waals surface area contributed by atoms with Gasteiger partial charge in [0, 0.05) is 18.7 Å². The molecule has 0 saturated carbocycles. The number of hydrogen-bond donors (Lipinski definition) is 0. The summed E-state index contributed by atoms with van der Waals surface area (Å²) in [5.74, 6) is 0. The summed E-state index contributed by atoms with van der Waals surface area (Å²) in [7, 11) is 1.97. The number of para-hydroxylation sites is 1. The number of hydrogen-bond acceptors (Lipinski definition) is 2. The molecule has 0 fully saturated rings. The van der Waals surface area contributed by atoms with Crippen LogP contribution in [0.4, 0.5) is 5.69 Å². The van der Waals surface area contributed by atoms with Gasteiger partial charge in [0.1, 0.15) is 0 Å². The van der Waals surface area contributed by atoms with Crippen molar-refractivity contribution in [3.05, 3.63) is 96.3 Å². The summed E-state index contributed by atoms with van der Waals surface area (Å²) in [6.07, 6.45) is 4.23. The van der Waals surface area contributed by atoms with E-state index in [1.165, 1.54) is 5.56 Å². The Bertz CT molecular complexity index is 811. The van der Waals surface area contributed by atoms with Crippen LogP contribution in [0.3, 0.4) is 0 Å². The number of nitrogens with zero attached hydrogens (tertiary/aromatic N) is 3. The monoisotopic (exact) mass is 346 g/mol. The van der Waals surface area contributed by atoms with Crippen LogP contribution in [0.25, 0.3) is 0 Å². The summed E-state index contributed by atoms with van der Waals surface area (Å²) in [4.78, 5) is 0. The van der Waals surface area contributed by atoms with Crippen molar-refractivity contribution in [3.63, 3.8) is 0 Å². The van der Waals surface area contributed by atoms with Crippen molar-refractivity contribution in [1.82, 2.24) is 0 Å². The van der Waals surface area contributed by atoms with E-state index in [0.29, 0.717) is 0 Å². The van der Waals surface area contributed by atoms with E-state index in [-0.39, 0.29) is 0 Å². The highest BCUT2D eigenvalue weighted by atomic mass is 15.4. The first-order chi connectivity index (χ1) is 12.7. The molecule has 0 N–H and O–H groups in total. The van der Waals surface area contributed by atoms with Gasteiger partial charge in [0.2, 0.25) is 0 Å². The Labute approximate surface area is 157 Å². The van der Waals surface area contributed by atoms with Crippen molar-refractivity contribution < 1.29 is 4.57 Å². The van der Waals surface area contributed by atoms with Crippen LogP contribution in [-0.2, 0) is 6.54 Å². The van der Waals surface area contributed by atoms with Crippen molar-refractivity contribution in [2.24, 2.45) is 5.10 Å². The molecule has 1 aromatic heterocycles. The van der Waals surface area contributed by atoms with Gasteiger partial charge in [0.25, 0.3) is 0 Å². The lowest BCUT2D eigenvalue weighted by Gasteiger charge is -2.14. The average molecular weight is 346 g/mol. The van der Waals surface area contributed by atoms with Gasteiger partial charge in [-0.15, -0.1) is 0 Å². The molecule has 134 valence electrons. The molecule has 0 atom stereocenters. The second kappa shape index (κ2) is 10.1. The molecular weight excluding hydrogens is 318 g/mol. The predicted octanol–water partition coefficient (Wildman–Crippen LogP) is 4.91. The van der Waals surface area contributed by atoms with Gasteiger partial charge >= 0.3 is 0 Å². The summed E-state index contributed by atoms with van der Waals surface area (Å²) in [6.45, 7) is 6.90. The van der Waals surface area contributed by atoms with E-state index in [0.717, 1.165) is 23.5 Å².